The molecule has 3 aromatic rings. The van der Waals surface area contributed by atoms with Gasteiger partial charge in [0, 0.05) is 31.5 Å². The molecule has 0 aromatic carbocycles. The van der Waals surface area contributed by atoms with E-state index in [-0.39, 0.29) is 6.04 Å². The standard InChI is InChI=1S/C16H19N7O/c1-10-14-15(19-11(2)20-16(14)24-22-10)21-12-4-3-7-23(9-12)13-8-17-5-6-18-13/h5-6,8,12H,3-4,7,9H2,1-2H3,(H,19,20,21)/t12-/m1/s1. The van der Waals surface area contributed by atoms with Crippen LogP contribution in [0.5, 0.6) is 0 Å². The lowest BCUT2D eigenvalue weighted by Gasteiger charge is -2.34. The van der Waals surface area contributed by atoms with Crippen LogP contribution in [-0.2, 0) is 0 Å². The Labute approximate surface area is 139 Å². The molecule has 1 aliphatic rings. The largest absolute Gasteiger partial charge is 0.365 e. The average Bonchev–Trinajstić information content (AvgIpc) is 2.97. The maximum absolute atomic E-state index is 5.28. The lowest BCUT2D eigenvalue weighted by molar-refractivity contribution is 0.442. The molecule has 4 rings (SSSR count). The van der Waals surface area contributed by atoms with Crippen LogP contribution in [0.4, 0.5) is 11.6 Å². The molecule has 1 saturated heterocycles. The van der Waals surface area contributed by atoms with Crippen LogP contribution in [0.2, 0.25) is 0 Å². The number of fused-ring (bicyclic) bond motifs is 1. The van der Waals surface area contributed by atoms with Gasteiger partial charge in [0.25, 0.3) is 5.71 Å². The topological polar surface area (TPSA) is 92.9 Å². The van der Waals surface area contributed by atoms with Gasteiger partial charge in [0.2, 0.25) is 0 Å². The van der Waals surface area contributed by atoms with Crippen molar-refractivity contribution in [2.75, 3.05) is 23.3 Å². The highest BCUT2D eigenvalue weighted by molar-refractivity contribution is 5.87. The van der Waals surface area contributed by atoms with Crippen molar-refractivity contribution in [1.82, 2.24) is 25.1 Å². The minimum Gasteiger partial charge on any atom is -0.365 e. The zero-order chi connectivity index (χ0) is 16.5. The number of nitrogens with zero attached hydrogens (tertiary/aromatic N) is 6. The van der Waals surface area contributed by atoms with Crippen molar-refractivity contribution in [3.05, 3.63) is 30.1 Å². The van der Waals surface area contributed by atoms with Crippen LogP contribution >= 0.6 is 0 Å². The molecule has 1 atom stereocenters. The molecule has 1 N–H and O–H groups in total. The second-order valence-corrected chi connectivity index (χ2v) is 6.06. The first kappa shape index (κ1) is 14.8. The van der Waals surface area contributed by atoms with Crippen LogP contribution < -0.4 is 10.2 Å². The van der Waals surface area contributed by atoms with Crippen molar-refractivity contribution in [2.45, 2.75) is 32.7 Å². The molecule has 0 unspecified atom stereocenters. The van der Waals surface area contributed by atoms with Gasteiger partial charge in [0.05, 0.1) is 11.9 Å². The van der Waals surface area contributed by atoms with E-state index in [1.807, 2.05) is 13.8 Å². The van der Waals surface area contributed by atoms with Crippen LogP contribution in [0, 0.1) is 13.8 Å². The normalized spacial score (nSPS) is 18.1. The molecule has 124 valence electrons. The van der Waals surface area contributed by atoms with Crippen molar-refractivity contribution in [2.24, 2.45) is 0 Å². The first-order valence-electron chi connectivity index (χ1n) is 8.09. The third-order valence-electron chi connectivity index (χ3n) is 4.25. The second kappa shape index (κ2) is 6.03. The maximum Gasteiger partial charge on any atom is 0.263 e. The van der Waals surface area contributed by atoms with Gasteiger partial charge in [-0.15, -0.1) is 0 Å². The minimum absolute atomic E-state index is 0.271. The number of rotatable bonds is 3. The fraction of sp³-hybridized carbons (Fsp3) is 0.438. The average molecular weight is 325 g/mol. The van der Waals surface area contributed by atoms with Gasteiger partial charge < -0.3 is 14.7 Å². The van der Waals surface area contributed by atoms with Crippen molar-refractivity contribution in [1.29, 1.82) is 0 Å². The summed E-state index contributed by atoms with van der Waals surface area (Å²) in [6.45, 7) is 5.60. The van der Waals surface area contributed by atoms with Crippen LogP contribution in [-0.4, -0.2) is 44.2 Å². The zero-order valence-corrected chi connectivity index (χ0v) is 13.7. The van der Waals surface area contributed by atoms with Gasteiger partial charge in [0.1, 0.15) is 22.8 Å². The Morgan fingerprint density at radius 3 is 3.00 bits per heavy atom. The van der Waals surface area contributed by atoms with E-state index in [4.69, 9.17) is 4.52 Å². The highest BCUT2D eigenvalue weighted by Crippen LogP contribution is 2.26. The van der Waals surface area contributed by atoms with E-state index in [1.165, 1.54) is 0 Å². The van der Waals surface area contributed by atoms with Crippen molar-refractivity contribution in [3.8, 4) is 0 Å². The SMILES string of the molecule is Cc1nc(N[C@@H]2CCCN(c3cnccn3)C2)c2c(C)noc2n1. The fourth-order valence-electron chi connectivity index (χ4n) is 3.15. The molecule has 0 bridgehead atoms. The number of aryl methyl sites for hydroxylation is 2. The third-order valence-corrected chi connectivity index (χ3v) is 4.25. The second-order valence-electron chi connectivity index (χ2n) is 6.06. The molecule has 8 heteroatoms. The summed E-state index contributed by atoms with van der Waals surface area (Å²) in [6, 6.07) is 0.271. The van der Waals surface area contributed by atoms with Crippen LogP contribution in [0.1, 0.15) is 24.4 Å². The van der Waals surface area contributed by atoms with Crippen molar-refractivity contribution >= 4 is 22.7 Å². The first-order chi connectivity index (χ1) is 11.7. The van der Waals surface area contributed by atoms with Gasteiger partial charge in [-0.1, -0.05) is 5.16 Å². The van der Waals surface area contributed by atoms with Gasteiger partial charge in [0.15, 0.2) is 0 Å². The third kappa shape index (κ3) is 2.75. The molecule has 8 nitrogen and oxygen atoms in total. The predicted molar refractivity (Wildman–Crippen MR) is 90.0 cm³/mol. The lowest BCUT2D eigenvalue weighted by atomic mass is 10.1. The molecule has 0 radical (unpaired) electrons. The van der Waals surface area contributed by atoms with E-state index >= 15 is 0 Å². The number of aromatic nitrogens is 5. The van der Waals surface area contributed by atoms with Crippen LogP contribution in [0.25, 0.3) is 11.1 Å². The highest BCUT2D eigenvalue weighted by Gasteiger charge is 2.23. The Balaban J connectivity index is 1.58. The monoisotopic (exact) mass is 325 g/mol. The van der Waals surface area contributed by atoms with Crippen LogP contribution in [0.15, 0.2) is 23.1 Å². The van der Waals surface area contributed by atoms with Gasteiger partial charge in [-0.25, -0.2) is 9.97 Å². The quantitative estimate of drug-likeness (QED) is 0.782. The Hall–Kier alpha value is -2.77. The van der Waals surface area contributed by atoms with Gasteiger partial charge in [-0.05, 0) is 26.7 Å². The Morgan fingerprint density at radius 2 is 2.17 bits per heavy atom. The molecule has 0 saturated carbocycles. The van der Waals surface area contributed by atoms with Gasteiger partial charge in [-0.2, -0.15) is 4.98 Å². The Kier molecular flexibility index (Phi) is 3.72. The summed E-state index contributed by atoms with van der Waals surface area (Å²) in [5, 5.41) is 8.42. The Bertz CT molecular complexity index is 848. The fourth-order valence-corrected chi connectivity index (χ4v) is 3.15. The Morgan fingerprint density at radius 1 is 1.25 bits per heavy atom. The number of anilines is 2. The highest BCUT2D eigenvalue weighted by atomic mass is 16.5. The number of hydrogen-bond acceptors (Lipinski definition) is 8. The summed E-state index contributed by atoms with van der Waals surface area (Å²) in [5.74, 6) is 2.37. The summed E-state index contributed by atoms with van der Waals surface area (Å²) in [6.07, 6.45) is 7.39. The summed E-state index contributed by atoms with van der Waals surface area (Å²) < 4.78 is 5.28. The van der Waals surface area contributed by atoms with Crippen molar-refractivity contribution < 1.29 is 4.52 Å². The molecule has 0 amide bonds. The molecular formula is C16H19N7O. The zero-order valence-electron chi connectivity index (χ0n) is 13.7. The van der Waals surface area contributed by atoms with E-state index in [0.29, 0.717) is 11.5 Å². The molecule has 4 heterocycles. The van der Waals surface area contributed by atoms with E-state index in [0.717, 1.165) is 48.6 Å². The van der Waals surface area contributed by atoms with E-state index < -0.39 is 0 Å². The van der Waals surface area contributed by atoms with Gasteiger partial charge >= 0.3 is 0 Å². The number of hydrogen-bond donors (Lipinski definition) is 1. The summed E-state index contributed by atoms with van der Waals surface area (Å²) in [7, 11) is 0. The molecule has 3 aromatic heterocycles. The minimum atomic E-state index is 0.271. The summed E-state index contributed by atoms with van der Waals surface area (Å²) >= 11 is 0. The molecule has 1 fully saturated rings. The van der Waals surface area contributed by atoms with Gasteiger partial charge in [-0.3, -0.25) is 4.98 Å². The first-order valence-corrected chi connectivity index (χ1v) is 8.09. The van der Waals surface area contributed by atoms with Crippen LogP contribution in [0.3, 0.4) is 0 Å². The molecule has 0 aliphatic carbocycles. The van der Waals surface area contributed by atoms with E-state index in [9.17, 15) is 0 Å². The predicted octanol–water partition coefficient (Wildman–Crippen LogP) is 2.11. The smallest absolute Gasteiger partial charge is 0.263 e. The number of piperidine rings is 1. The van der Waals surface area contributed by atoms with E-state index in [2.05, 4.69) is 35.3 Å². The molecule has 0 spiro atoms. The molecule has 1 aliphatic heterocycles. The maximum atomic E-state index is 5.28. The lowest BCUT2D eigenvalue weighted by Crippen LogP contribution is -2.42. The molecule has 24 heavy (non-hydrogen) atoms. The summed E-state index contributed by atoms with van der Waals surface area (Å²) in [5.41, 5.74) is 1.33. The van der Waals surface area contributed by atoms with E-state index in [1.54, 1.807) is 18.6 Å². The summed E-state index contributed by atoms with van der Waals surface area (Å²) in [4.78, 5) is 19.7. The number of nitrogens with one attached hydrogen (secondary N) is 1. The molecular weight excluding hydrogens is 306 g/mol. The van der Waals surface area contributed by atoms with Crippen molar-refractivity contribution in [3.63, 3.8) is 0 Å².